The maximum atomic E-state index is 14.1. The van der Waals surface area contributed by atoms with E-state index in [2.05, 4.69) is 0 Å². The first-order valence-corrected chi connectivity index (χ1v) is 5.56. The number of hydrogen-bond donors (Lipinski definition) is 0. The average Bonchev–Trinajstić information content (AvgIpc) is 2.57. The Morgan fingerprint density at radius 3 is 2.14 bits per heavy atom. The Balaban J connectivity index is 2.47. The molecule has 1 aliphatic rings. The standard InChI is InChI=1S/C12H22F2/c1-9(13)7-11(2,3)8-12(4,14)10-5-6-10/h9-10H,5-8H2,1-4H3/t9-,12?/m0/s1. The summed E-state index contributed by atoms with van der Waals surface area (Å²) < 4.78 is 27.0. The molecule has 0 aromatic heterocycles. The molecule has 1 rings (SSSR count). The first-order valence-electron chi connectivity index (χ1n) is 5.56. The summed E-state index contributed by atoms with van der Waals surface area (Å²) in [5.74, 6) is 0.233. The Bertz CT molecular complexity index is 190. The van der Waals surface area contributed by atoms with Crippen molar-refractivity contribution in [2.45, 2.75) is 65.2 Å². The van der Waals surface area contributed by atoms with Crippen molar-refractivity contribution in [1.29, 1.82) is 0 Å². The first kappa shape index (κ1) is 11.9. The molecule has 1 fully saturated rings. The summed E-state index contributed by atoms with van der Waals surface area (Å²) >= 11 is 0. The molecule has 2 atom stereocenters. The van der Waals surface area contributed by atoms with E-state index in [1.54, 1.807) is 13.8 Å². The van der Waals surface area contributed by atoms with Crippen LogP contribution >= 0.6 is 0 Å². The Morgan fingerprint density at radius 2 is 1.79 bits per heavy atom. The van der Waals surface area contributed by atoms with Crippen LogP contribution in [0.25, 0.3) is 0 Å². The molecule has 0 saturated heterocycles. The lowest BCUT2D eigenvalue weighted by atomic mass is 9.76. The molecule has 14 heavy (non-hydrogen) atoms. The predicted octanol–water partition coefficient (Wildman–Crippen LogP) is 4.29. The predicted molar refractivity (Wildman–Crippen MR) is 55.8 cm³/mol. The molecule has 0 aliphatic heterocycles. The van der Waals surface area contributed by atoms with E-state index in [1.807, 2.05) is 13.8 Å². The van der Waals surface area contributed by atoms with Gasteiger partial charge in [-0.2, -0.15) is 0 Å². The lowest BCUT2D eigenvalue weighted by Crippen LogP contribution is -2.30. The van der Waals surface area contributed by atoms with Crippen molar-refractivity contribution in [2.24, 2.45) is 11.3 Å². The molecule has 1 unspecified atom stereocenters. The molecular formula is C12H22F2. The highest BCUT2D eigenvalue weighted by Crippen LogP contribution is 2.48. The number of hydrogen-bond acceptors (Lipinski definition) is 0. The van der Waals surface area contributed by atoms with Gasteiger partial charge in [0.1, 0.15) is 5.67 Å². The smallest absolute Gasteiger partial charge is 0.111 e. The van der Waals surface area contributed by atoms with Crippen LogP contribution < -0.4 is 0 Å². The quantitative estimate of drug-likeness (QED) is 0.626. The van der Waals surface area contributed by atoms with Gasteiger partial charge >= 0.3 is 0 Å². The zero-order chi connectivity index (χ0) is 11.0. The van der Waals surface area contributed by atoms with Crippen LogP contribution in [0, 0.1) is 11.3 Å². The lowest BCUT2D eigenvalue weighted by molar-refractivity contribution is 0.0702. The van der Waals surface area contributed by atoms with Crippen LogP contribution in [0.1, 0.15) is 53.4 Å². The van der Waals surface area contributed by atoms with Gasteiger partial charge in [-0.3, -0.25) is 0 Å². The topological polar surface area (TPSA) is 0 Å². The van der Waals surface area contributed by atoms with E-state index in [1.165, 1.54) is 0 Å². The Kier molecular flexibility index (Phi) is 3.23. The zero-order valence-electron chi connectivity index (χ0n) is 9.74. The van der Waals surface area contributed by atoms with Gasteiger partial charge in [0.05, 0.1) is 6.17 Å². The van der Waals surface area contributed by atoms with E-state index in [0.29, 0.717) is 12.8 Å². The Hall–Kier alpha value is -0.140. The first-order chi connectivity index (χ1) is 6.23. The molecule has 1 aliphatic carbocycles. The van der Waals surface area contributed by atoms with Crippen LogP contribution in [0.4, 0.5) is 8.78 Å². The van der Waals surface area contributed by atoms with Crippen molar-refractivity contribution in [3.63, 3.8) is 0 Å². The lowest BCUT2D eigenvalue weighted by Gasteiger charge is -2.32. The monoisotopic (exact) mass is 204 g/mol. The molecule has 0 aromatic rings. The van der Waals surface area contributed by atoms with Crippen LogP contribution in [-0.4, -0.2) is 11.8 Å². The molecular weight excluding hydrogens is 182 g/mol. The highest BCUT2D eigenvalue weighted by Gasteiger charge is 2.45. The largest absolute Gasteiger partial charge is 0.248 e. The minimum atomic E-state index is -1.08. The van der Waals surface area contributed by atoms with E-state index in [4.69, 9.17) is 0 Å². The zero-order valence-corrected chi connectivity index (χ0v) is 9.74. The van der Waals surface area contributed by atoms with Crippen molar-refractivity contribution < 1.29 is 8.78 Å². The summed E-state index contributed by atoms with van der Waals surface area (Å²) in [6.07, 6.45) is 2.13. The number of rotatable bonds is 5. The van der Waals surface area contributed by atoms with Gasteiger partial charge in [0.15, 0.2) is 0 Å². The molecule has 0 spiro atoms. The van der Waals surface area contributed by atoms with Crippen LogP contribution in [0.2, 0.25) is 0 Å². The second-order valence-corrected chi connectivity index (χ2v) is 5.88. The third-order valence-electron chi connectivity index (χ3n) is 3.09. The molecule has 0 bridgehead atoms. The summed E-state index contributed by atoms with van der Waals surface area (Å²) in [5, 5.41) is 0. The van der Waals surface area contributed by atoms with E-state index >= 15 is 0 Å². The van der Waals surface area contributed by atoms with Crippen LogP contribution in [0.3, 0.4) is 0 Å². The molecule has 84 valence electrons. The Labute approximate surface area is 86.1 Å². The molecule has 0 aromatic carbocycles. The third kappa shape index (κ3) is 3.55. The second kappa shape index (κ2) is 3.79. The van der Waals surface area contributed by atoms with Gasteiger partial charge in [0.2, 0.25) is 0 Å². The summed E-state index contributed by atoms with van der Waals surface area (Å²) in [6, 6.07) is 0. The van der Waals surface area contributed by atoms with Crippen LogP contribution in [0.15, 0.2) is 0 Å². The van der Waals surface area contributed by atoms with Crippen LogP contribution in [0.5, 0.6) is 0 Å². The number of halogens is 2. The summed E-state index contributed by atoms with van der Waals surface area (Å²) in [4.78, 5) is 0. The molecule has 0 heterocycles. The normalized spacial score (nSPS) is 24.4. The maximum absolute atomic E-state index is 14.1. The van der Waals surface area contributed by atoms with Gasteiger partial charge in [0, 0.05) is 0 Å². The van der Waals surface area contributed by atoms with E-state index < -0.39 is 11.8 Å². The summed E-state index contributed by atoms with van der Waals surface area (Å²) in [7, 11) is 0. The SMILES string of the molecule is C[C@H](F)CC(C)(C)CC(C)(F)C1CC1. The summed E-state index contributed by atoms with van der Waals surface area (Å²) in [5.41, 5.74) is -1.31. The molecule has 1 saturated carbocycles. The van der Waals surface area contributed by atoms with Gasteiger partial charge in [-0.25, -0.2) is 8.78 Å². The van der Waals surface area contributed by atoms with Gasteiger partial charge in [0.25, 0.3) is 0 Å². The average molecular weight is 204 g/mol. The molecule has 0 N–H and O–H groups in total. The maximum Gasteiger partial charge on any atom is 0.111 e. The van der Waals surface area contributed by atoms with Gasteiger partial charge in [-0.15, -0.1) is 0 Å². The van der Waals surface area contributed by atoms with Crippen molar-refractivity contribution in [3.05, 3.63) is 0 Å². The van der Waals surface area contributed by atoms with Crippen molar-refractivity contribution in [1.82, 2.24) is 0 Å². The molecule has 0 radical (unpaired) electrons. The van der Waals surface area contributed by atoms with E-state index in [0.717, 1.165) is 12.8 Å². The second-order valence-electron chi connectivity index (χ2n) is 5.88. The van der Waals surface area contributed by atoms with Crippen molar-refractivity contribution >= 4 is 0 Å². The summed E-state index contributed by atoms with van der Waals surface area (Å²) in [6.45, 7) is 7.15. The van der Waals surface area contributed by atoms with Crippen molar-refractivity contribution in [3.8, 4) is 0 Å². The van der Waals surface area contributed by atoms with Gasteiger partial charge < -0.3 is 0 Å². The van der Waals surface area contributed by atoms with Gasteiger partial charge in [-0.1, -0.05) is 13.8 Å². The Morgan fingerprint density at radius 1 is 1.29 bits per heavy atom. The molecule has 0 amide bonds. The minimum absolute atomic E-state index is 0.222. The fourth-order valence-electron chi connectivity index (χ4n) is 2.60. The van der Waals surface area contributed by atoms with Gasteiger partial charge in [-0.05, 0) is 50.9 Å². The fourth-order valence-corrected chi connectivity index (χ4v) is 2.60. The third-order valence-corrected chi connectivity index (χ3v) is 3.09. The van der Waals surface area contributed by atoms with Crippen LogP contribution in [-0.2, 0) is 0 Å². The minimum Gasteiger partial charge on any atom is -0.248 e. The molecule has 2 heteroatoms. The number of alkyl halides is 2. The molecule has 0 nitrogen and oxygen atoms in total. The van der Waals surface area contributed by atoms with E-state index in [-0.39, 0.29) is 11.3 Å². The highest BCUT2D eigenvalue weighted by atomic mass is 19.1. The van der Waals surface area contributed by atoms with E-state index in [9.17, 15) is 8.78 Å². The van der Waals surface area contributed by atoms with Crippen molar-refractivity contribution in [2.75, 3.05) is 0 Å². The fraction of sp³-hybridized carbons (Fsp3) is 1.00. The highest BCUT2D eigenvalue weighted by molar-refractivity contribution is 4.95.